The van der Waals surface area contributed by atoms with Crippen molar-refractivity contribution in [1.82, 2.24) is 0 Å². The maximum Gasteiger partial charge on any atom is -0.0171 e. The van der Waals surface area contributed by atoms with Crippen LogP contribution in [0.1, 0.15) is 131 Å². The molecule has 0 heterocycles. The van der Waals surface area contributed by atoms with Crippen molar-refractivity contribution in [3.05, 3.63) is 0 Å². The third-order valence-corrected chi connectivity index (χ3v) is 17.9. The predicted molar refractivity (Wildman–Crippen MR) is 159 cm³/mol. The first-order chi connectivity index (χ1) is 16.0. The van der Waals surface area contributed by atoms with Crippen molar-refractivity contribution in [2.75, 3.05) is 0 Å². The molecule has 210 valence electrons. The SMILES string of the molecule is CCC(C)(C)[C@@H]1[C@H](C)[C@H](C)[C@@H]2[C@H](C)[C@H](C)[C@H]3[C@](C)([C@@H]2[C@@H]1C)C(C)(C)[C@@]1(C)[C@@H](C)C(C)(C)C(C)(C)[C@]31C. The molecule has 13 atom stereocenters. The Hall–Kier alpha value is 0. The van der Waals surface area contributed by atoms with Crippen LogP contribution < -0.4 is 0 Å². The zero-order valence-electron chi connectivity index (χ0n) is 28.0. The van der Waals surface area contributed by atoms with Crippen LogP contribution in [0.15, 0.2) is 0 Å². The van der Waals surface area contributed by atoms with E-state index in [2.05, 4.69) is 125 Å². The van der Waals surface area contributed by atoms with Crippen LogP contribution in [0, 0.1) is 97.1 Å². The van der Waals surface area contributed by atoms with Crippen LogP contribution in [0.4, 0.5) is 0 Å². The van der Waals surface area contributed by atoms with Crippen LogP contribution in [0.3, 0.4) is 0 Å². The van der Waals surface area contributed by atoms with Gasteiger partial charge in [-0.1, -0.05) is 131 Å². The van der Waals surface area contributed by atoms with Crippen LogP contribution in [-0.2, 0) is 0 Å². The summed E-state index contributed by atoms with van der Waals surface area (Å²) in [5, 5.41) is 0. The Bertz CT molecular complexity index is 888. The lowest BCUT2D eigenvalue weighted by Gasteiger charge is -2.69. The van der Waals surface area contributed by atoms with E-state index in [-0.39, 0.29) is 10.8 Å². The molecule has 4 saturated carbocycles. The smallest absolute Gasteiger partial charge is 0.0171 e. The minimum Gasteiger partial charge on any atom is -0.0649 e. The number of fused-ring (bicyclic) bond motifs is 5. The lowest BCUT2D eigenvalue weighted by molar-refractivity contribution is -0.221. The third kappa shape index (κ3) is 2.57. The van der Waals surface area contributed by atoms with Crippen LogP contribution in [0.25, 0.3) is 0 Å². The Morgan fingerprint density at radius 1 is 0.583 bits per heavy atom. The zero-order valence-corrected chi connectivity index (χ0v) is 28.0. The van der Waals surface area contributed by atoms with Gasteiger partial charge in [-0.15, -0.1) is 0 Å². The molecule has 4 rings (SSSR count). The molecule has 0 saturated heterocycles. The van der Waals surface area contributed by atoms with Crippen LogP contribution in [0.2, 0.25) is 0 Å². The second kappa shape index (κ2) is 7.59. The Morgan fingerprint density at radius 3 is 1.53 bits per heavy atom. The van der Waals surface area contributed by atoms with Crippen LogP contribution >= 0.6 is 0 Å². The largest absolute Gasteiger partial charge is 0.0649 e. The summed E-state index contributed by atoms with van der Waals surface area (Å²) in [6, 6.07) is 0. The molecule has 0 unspecified atom stereocenters. The lowest BCUT2D eigenvalue weighted by Crippen LogP contribution is -2.65. The third-order valence-electron chi connectivity index (χ3n) is 17.9. The summed E-state index contributed by atoms with van der Waals surface area (Å²) in [6.45, 7) is 48.2. The molecule has 4 aliphatic rings. The van der Waals surface area contributed by atoms with E-state index in [9.17, 15) is 0 Å². The van der Waals surface area contributed by atoms with Gasteiger partial charge in [0.1, 0.15) is 0 Å². The van der Waals surface area contributed by atoms with Gasteiger partial charge >= 0.3 is 0 Å². The number of rotatable bonds is 2. The average Bonchev–Trinajstić information content (AvgIpc) is 2.92. The fraction of sp³-hybridized carbons (Fsp3) is 1.00. The van der Waals surface area contributed by atoms with Crippen molar-refractivity contribution in [2.45, 2.75) is 131 Å². The van der Waals surface area contributed by atoms with Gasteiger partial charge in [-0.25, -0.2) is 0 Å². The molecular formula is C36H66. The minimum atomic E-state index is 0.274. The number of hydrogen-bond donors (Lipinski definition) is 0. The van der Waals surface area contributed by atoms with E-state index in [0.717, 1.165) is 53.3 Å². The minimum absolute atomic E-state index is 0.274. The Labute approximate surface area is 227 Å². The first-order valence-electron chi connectivity index (χ1n) is 16.0. The molecule has 0 bridgehead atoms. The fourth-order valence-electron chi connectivity index (χ4n) is 14.3. The van der Waals surface area contributed by atoms with E-state index in [1.54, 1.807) is 0 Å². The molecule has 0 aliphatic heterocycles. The maximum absolute atomic E-state index is 2.84. The van der Waals surface area contributed by atoms with Crippen molar-refractivity contribution < 1.29 is 0 Å². The monoisotopic (exact) mass is 499 g/mol. The second-order valence-corrected chi connectivity index (χ2v) is 18.1. The predicted octanol–water partition coefficient (Wildman–Crippen LogP) is 10.9. The molecule has 0 aromatic heterocycles. The van der Waals surface area contributed by atoms with Gasteiger partial charge in [0.2, 0.25) is 0 Å². The molecule has 0 amide bonds. The Balaban J connectivity index is 2.05. The molecule has 0 heteroatoms. The standard InChI is InChI=1S/C36H66/c1-19-30(8,9)27-22(4)20(2)26-21(3)23(5)29-34(16,28(26)24(27)6)33(14,15)35(17)25(7)31(10,11)32(12,13)36(29,35)18/h20-29H,19H2,1-18H3/t20-,21+,22+,23-,24+,25-,26+,27+,28+,29-,34-,35+,36-/m0/s1. The lowest BCUT2D eigenvalue weighted by atomic mass is 9.35. The van der Waals surface area contributed by atoms with Gasteiger partial charge in [-0.05, 0) is 97.1 Å². The van der Waals surface area contributed by atoms with E-state index in [0.29, 0.717) is 33.0 Å². The second-order valence-electron chi connectivity index (χ2n) is 18.1. The zero-order chi connectivity index (χ0) is 28.0. The van der Waals surface area contributed by atoms with Gasteiger partial charge in [-0.3, -0.25) is 0 Å². The summed E-state index contributed by atoms with van der Waals surface area (Å²) in [5.74, 6) is 7.83. The summed E-state index contributed by atoms with van der Waals surface area (Å²) >= 11 is 0. The van der Waals surface area contributed by atoms with E-state index in [1.807, 2.05) is 0 Å². The molecule has 36 heavy (non-hydrogen) atoms. The molecule has 0 radical (unpaired) electrons. The average molecular weight is 499 g/mol. The highest BCUT2D eigenvalue weighted by Crippen LogP contribution is 2.91. The van der Waals surface area contributed by atoms with Gasteiger partial charge in [-0.2, -0.15) is 0 Å². The van der Waals surface area contributed by atoms with Gasteiger partial charge in [0.05, 0.1) is 0 Å². The molecule has 4 fully saturated rings. The fourth-order valence-corrected chi connectivity index (χ4v) is 14.3. The summed E-state index contributed by atoms with van der Waals surface area (Å²) in [7, 11) is 0. The molecular weight excluding hydrogens is 432 g/mol. The molecule has 0 aromatic rings. The van der Waals surface area contributed by atoms with E-state index in [4.69, 9.17) is 0 Å². The van der Waals surface area contributed by atoms with Gasteiger partial charge < -0.3 is 0 Å². The van der Waals surface area contributed by atoms with E-state index >= 15 is 0 Å². The summed E-state index contributed by atoms with van der Waals surface area (Å²) in [6.07, 6.45) is 1.29. The van der Waals surface area contributed by atoms with Crippen molar-refractivity contribution >= 4 is 0 Å². The molecule has 4 aliphatic carbocycles. The summed E-state index contributed by atoms with van der Waals surface area (Å²) in [5.41, 5.74) is 2.23. The van der Waals surface area contributed by atoms with Crippen LogP contribution in [0.5, 0.6) is 0 Å². The van der Waals surface area contributed by atoms with Crippen molar-refractivity contribution in [3.8, 4) is 0 Å². The first-order valence-corrected chi connectivity index (χ1v) is 16.0. The molecule has 0 N–H and O–H groups in total. The van der Waals surface area contributed by atoms with Crippen molar-refractivity contribution in [3.63, 3.8) is 0 Å². The number of hydrogen-bond acceptors (Lipinski definition) is 0. The summed E-state index contributed by atoms with van der Waals surface area (Å²) in [4.78, 5) is 0. The Kier molecular flexibility index (Phi) is 6.11. The molecule has 0 aromatic carbocycles. The highest BCUT2D eigenvalue weighted by molar-refractivity contribution is 5.34. The van der Waals surface area contributed by atoms with Gasteiger partial charge in [0.25, 0.3) is 0 Å². The van der Waals surface area contributed by atoms with Crippen molar-refractivity contribution in [1.29, 1.82) is 0 Å². The van der Waals surface area contributed by atoms with Gasteiger partial charge in [0.15, 0.2) is 0 Å². The van der Waals surface area contributed by atoms with Gasteiger partial charge in [0, 0.05) is 0 Å². The Morgan fingerprint density at radius 2 is 1.06 bits per heavy atom. The van der Waals surface area contributed by atoms with E-state index < -0.39 is 0 Å². The van der Waals surface area contributed by atoms with Crippen molar-refractivity contribution in [2.24, 2.45) is 97.1 Å². The quantitative estimate of drug-likeness (QED) is 0.355. The normalized spacial score (nSPS) is 57.2. The molecule has 0 nitrogen and oxygen atoms in total. The topological polar surface area (TPSA) is 0 Å². The highest BCUT2D eigenvalue weighted by Gasteiger charge is 2.87. The van der Waals surface area contributed by atoms with E-state index in [1.165, 1.54) is 6.42 Å². The van der Waals surface area contributed by atoms with Crippen LogP contribution in [-0.4, -0.2) is 0 Å². The maximum atomic E-state index is 2.84. The highest BCUT2D eigenvalue weighted by atomic mass is 14.9. The summed E-state index contributed by atoms with van der Waals surface area (Å²) < 4.78 is 0. The molecule has 0 spiro atoms. The first kappa shape index (κ1) is 29.0.